The standard InChI is InChI=1S/C20H21ClN4OS/c1-13-15(21)5-4-7-16(13)23-20(27)24-11-9-14(10-12-24)25-18-8-3-2-6-17(18)22-19(25)26/h2-8,14H,9-12H2,1H3,(H,22,26)(H,23,27). The third-order valence-electron chi connectivity index (χ3n) is 5.25. The molecule has 0 saturated carbocycles. The van der Waals surface area contributed by atoms with Gasteiger partial charge in [0.2, 0.25) is 0 Å². The van der Waals surface area contributed by atoms with E-state index in [0.29, 0.717) is 5.11 Å². The zero-order valence-electron chi connectivity index (χ0n) is 15.0. The second kappa shape index (κ2) is 7.37. The molecule has 0 atom stereocenters. The number of anilines is 1. The number of para-hydroxylation sites is 2. The highest BCUT2D eigenvalue weighted by Crippen LogP contribution is 2.27. The number of imidazole rings is 1. The lowest BCUT2D eigenvalue weighted by Gasteiger charge is -2.34. The number of hydrogen-bond donors (Lipinski definition) is 2. The Labute approximate surface area is 167 Å². The van der Waals surface area contributed by atoms with Crippen LogP contribution in [0.5, 0.6) is 0 Å². The molecular formula is C20H21ClN4OS. The highest BCUT2D eigenvalue weighted by molar-refractivity contribution is 7.80. The fourth-order valence-electron chi connectivity index (χ4n) is 3.70. The van der Waals surface area contributed by atoms with Crippen molar-refractivity contribution in [3.63, 3.8) is 0 Å². The largest absolute Gasteiger partial charge is 0.349 e. The molecule has 1 saturated heterocycles. The summed E-state index contributed by atoms with van der Waals surface area (Å²) in [6.45, 7) is 3.59. The topological polar surface area (TPSA) is 53.1 Å². The molecule has 1 fully saturated rings. The van der Waals surface area contributed by atoms with E-state index in [1.165, 1.54) is 0 Å². The molecule has 1 aliphatic rings. The van der Waals surface area contributed by atoms with Crippen LogP contribution < -0.4 is 11.0 Å². The van der Waals surface area contributed by atoms with Crippen LogP contribution in [0.1, 0.15) is 24.4 Å². The SMILES string of the molecule is Cc1c(Cl)cccc1NC(=S)N1CCC(n2c(=O)[nH]c3ccccc32)CC1. The van der Waals surface area contributed by atoms with E-state index >= 15 is 0 Å². The minimum Gasteiger partial charge on any atom is -0.349 e. The number of rotatable bonds is 2. The fourth-order valence-corrected chi connectivity index (χ4v) is 4.17. The van der Waals surface area contributed by atoms with Crippen molar-refractivity contribution in [1.82, 2.24) is 14.5 Å². The van der Waals surface area contributed by atoms with Crippen LogP contribution in [0.4, 0.5) is 5.69 Å². The van der Waals surface area contributed by atoms with Crippen molar-refractivity contribution in [2.24, 2.45) is 0 Å². The molecule has 2 N–H and O–H groups in total. The van der Waals surface area contributed by atoms with E-state index in [1.807, 2.05) is 54.0 Å². The van der Waals surface area contributed by atoms with Crippen LogP contribution in [-0.4, -0.2) is 32.7 Å². The van der Waals surface area contributed by atoms with Gasteiger partial charge in [-0.15, -0.1) is 0 Å². The minimum atomic E-state index is -0.0371. The van der Waals surface area contributed by atoms with Crippen molar-refractivity contribution in [2.75, 3.05) is 18.4 Å². The van der Waals surface area contributed by atoms with Gasteiger partial charge in [0, 0.05) is 29.8 Å². The van der Waals surface area contributed by atoms with Crippen LogP contribution in [0.25, 0.3) is 11.0 Å². The van der Waals surface area contributed by atoms with Crippen LogP contribution in [0.15, 0.2) is 47.3 Å². The number of fused-ring (bicyclic) bond motifs is 1. The molecule has 5 nitrogen and oxygen atoms in total. The number of likely N-dealkylation sites (tertiary alicyclic amines) is 1. The zero-order valence-corrected chi connectivity index (χ0v) is 16.6. The van der Waals surface area contributed by atoms with Gasteiger partial charge in [-0.25, -0.2) is 4.79 Å². The first-order valence-corrected chi connectivity index (χ1v) is 9.83. The molecule has 1 aromatic heterocycles. The molecule has 0 spiro atoms. The molecule has 140 valence electrons. The number of nitrogens with zero attached hydrogens (tertiary/aromatic N) is 2. The Hall–Kier alpha value is -2.31. The molecular weight excluding hydrogens is 380 g/mol. The maximum absolute atomic E-state index is 12.4. The van der Waals surface area contributed by atoms with Crippen molar-refractivity contribution in [3.05, 3.63) is 63.5 Å². The molecule has 0 bridgehead atoms. The van der Waals surface area contributed by atoms with E-state index in [-0.39, 0.29) is 11.7 Å². The number of benzene rings is 2. The smallest absolute Gasteiger partial charge is 0.326 e. The molecule has 2 aromatic carbocycles. The van der Waals surface area contributed by atoms with E-state index in [9.17, 15) is 4.79 Å². The fraction of sp³-hybridized carbons (Fsp3) is 0.300. The van der Waals surface area contributed by atoms with Gasteiger partial charge in [-0.3, -0.25) is 4.57 Å². The number of aromatic amines is 1. The number of nitrogens with one attached hydrogen (secondary N) is 2. The van der Waals surface area contributed by atoms with Gasteiger partial charge in [0.1, 0.15) is 0 Å². The molecule has 3 aromatic rings. The number of H-pyrrole nitrogens is 1. The van der Waals surface area contributed by atoms with Gasteiger partial charge >= 0.3 is 5.69 Å². The van der Waals surface area contributed by atoms with Crippen LogP contribution in [0.3, 0.4) is 0 Å². The van der Waals surface area contributed by atoms with Gasteiger partial charge in [-0.05, 0) is 61.8 Å². The Bertz CT molecular complexity index is 1050. The lowest BCUT2D eigenvalue weighted by molar-refractivity contribution is 0.269. The predicted octanol–water partition coefficient (Wildman–Crippen LogP) is 4.33. The summed E-state index contributed by atoms with van der Waals surface area (Å²) in [4.78, 5) is 17.5. The van der Waals surface area contributed by atoms with E-state index in [1.54, 1.807) is 0 Å². The van der Waals surface area contributed by atoms with E-state index < -0.39 is 0 Å². The minimum absolute atomic E-state index is 0.0371. The lowest BCUT2D eigenvalue weighted by atomic mass is 10.0. The average molecular weight is 401 g/mol. The third kappa shape index (κ3) is 3.47. The zero-order chi connectivity index (χ0) is 19.0. The van der Waals surface area contributed by atoms with Crippen molar-refractivity contribution < 1.29 is 0 Å². The van der Waals surface area contributed by atoms with Gasteiger partial charge in [0.05, 0.1) is 11.0 Å². The summed E-state index contributed by atoms with van der Waals surface area (Å²) >= 11 is 11.8. The van der Waals surface area contributed by atoms with Gasteiger partial charge in [-0.1, -0.05) is 29.8 Å². The number of halogens is 1. The first-order valence-electron chi connectivity index (χ1n) is 9.05. The highest BCUT2D eigenvalue weighted by atomic mass is 35.5. The van der Waals surface area contributed by atoms with Crippen LogP contribution in [0.2, 0.25) is 5.02 Å². The highest BCUT2D eigenvalue weighted by Gasteiger charge is 2.25. The van der Waals surface area contributed by atoms with E-state index in [4.69, 9.17) is 23.8 Å². The van der Waals surface area contributed by atoms with E-state index in [0.717, 1.165) is 53.2 Å². The van der Waals surface area contributed by atoms with Crippen LogP contribution in [0, 0.1) is 6.92 Å². The Morgan fingerprint density at radius 3 is 2.70 bits per heavy atom. The summed E-state index contributed by atoms with van der Waals surface area (Å²) in [6, 6.07) is 13.8. The number of aromatic nitrogens is 2. The van der Waals surface area contributed by atoms with Crippen molar-refractivity contribution in [1.29, 1.82) is 0 Å². The second-order valence-corrected chi connectivity index (χ2v) is 7.67. The molecule has 2 heterocycles. The first kappa shape index (κ1) is 18.1. The molecule has 0 amide bonds. The molecule has 0 aliphatic carbocycles. The Kier molecular flexibility index (Phi) is 4.93. The van der Waals surface area contributed by atoms with Gasteiger partial charge < -0.3 is 15.2 Å². The summed E-state index contributed by atoms with van der Waals surface area (Å²) in [6.07, 6.45) is 1.75. The predicted molar refractivity (Wildman–Crippen MR) is 115 cm³/mol. The lowest BCUT2D eigenvalue weighted by Crippen LogP contribution is -2.42. The first-order chi connectivity index (χ1) is 13.0. The summed E-state index contributed by atoms with van der Waals surface area (Å²) < 4.78 is 1.89. The number of hydrogen-bond acceptors (Lipinski definition) is 2. The molecule has 7 heteroatoms. The van der Waals surface area contributed by atoms with Crippen molar-refractivity contribution in [2.45, 2.75) is 25.8 Å². The normalized spacial score (nSPS) is 15.3. The van der Waals surface area contributed by atoms with Crippen molar-refractivity contribution in [3.8, 4) is 0 Å². The summed E-state index contributed by atoms with van der Waals surface area (Å²) in [5, 5.41) is 4.73. The van der Waals surface area contributed by atoms with Gasteiger partial charge in [-0.2, -0.15) is 0 Å². The van der Waals surface area contributed by atoms with Crippen LogP contribution >= 0.6 is 23.8 Å². The Morgan fingerprint density at radius 2 is 1.93 bits per heavy atom. The van der Waals surface area contributed by atoms with Gasteiger partial charge in [0.15, 0.2) is 5.11 Å². The molecule has 0 unspecified atom stereocenters. The summed E-state index contributed by atoms with van der Waals surface area (Å²) in [5.41, 5.74) is 3.74. The molecule has 4 rings (SSSR count). The number of thiocarbonyl (C=S) groups is 1. The Balaban J connectivity index is 1.45. The van der Waals surface area contributed by atoms with Crippen LogP contribution in [-0.2, 0) is 0 Å². The molecule has 1 aliphatic heterocycles. The molecule has 0 radical (unpaired) electrons. The molecule has 27 heavy (non-hydrogen) atoms. The average Bonchev–Trinajstić information content (AvgIpc) is 3.01. The quantitative estimate of drug-likeness (QED) is 0.629. The maximum atomic E-state index is 12.4. The Morgan fingerprint density at radius 1 is 1.19 bits per heavy atom. The second-order valence-electron chi connectivity index (χ2n) is 6.88. The number of piperidine rings is 1. The summed E-state index contributed by atoms with van der Waals surface area (Å²) in [5.74, 6) is 0. The van der Waals surface area contributed by atoms with Gasteiger partial charge in [0.25, 0.3) is 0 Å². The summed E-state index contributed by atoms with van der Waals surface area (Å²) in [7, 11) is 0. The van der Waals surface area contributed by atoms with Crippen molar-refractivity contribution >= 4 is 45.7 Å². The monoisotopic (exact) mass is 400 g/mol. The third-order valence-corrected chi connectivity index (χ3v) is 6.02. The van der Waals surface area contributed by atoms with E-state index in [2.05, 4.69) is 15.2 Å². The maximum Gasteiger partial charge on any atom is 0.326 e.